The van der Waals surface area contributed by atoms with Gasteiger partial charge >= 0.3 is 0 Å². The van der Waals surface area contributed by atoms with Gasteiger partial charge in [0, 0.05) is 25.2 Å². The number of amides is 2. The molecule has 29 heavy (non-hydrogen) atoms. The number of carbonyl (C=O) groups is 2. The molecule has 152 valence electrons. The van der Waals surface area contributed by atoms with Crippen LogP contribution in [0.4, 0.5) is 5.69 Å². The average Bonchev–Trinajstić information content (AvgIpc) is 3.29. The first-order valence-electron chi connectivity index (χ1n) is 9.99. The van der Waals surface area contributed by atoms with Gasteiger partial charge in [-0.1, -0.05) is 38.1 Å². The van der Waals surface area contributed by atoms with E-state index in [0.29, 0.717) is 24.8 Å². The van der Waals surface area contributed by atoms with Gasteiger partial charge in [-0.25, -0.2) is 0 Å². The van der Waals surface area contributed by atoms with Crippen molar-refractivity contribution in [3.63, 3.8) is 0 Å². The van der Waals surface area contributed by atoms with Crippen LogP contribution < -0.4 is 14.8 Å². The Morgan fingerprint density at radius 2 is 2.00 bits per heavy atom. The molecule has 0 aliphatic carbocycles. The first kappa shape index (κ1) is 19.3. The molecule has 2 aliphatic heterocycles. The van der Waals surface area contributed by atoms with E-state index in [1.165, 1.54) is 0 Å². The Hall–Kier alpha value is -3.02. The van der Waals surface area contributed by atoms with Gasteiger partial charge in [0.05, 0.1) is 5.92 Å². The topological polar surface area (TPSA) is 67.9 Å². The van der Waals surface area contributed by atoms with E-state index in [0.717, 1.165) is 28.1 Å². The van der Waals surface area contributed by atoms with E-state index in [2.05, 4.69) is 19.2 Å². The molecule has 0 saturated carbocycles. The van der Waals surface area contributed by atoms with Crippen LogP contribution in [-0.4, -0.2) is 30.1 Å². The summed E-state index contributed by atoms with van der Waals surface area (Å²) in [6.45, 7) is 7.31. The summed E-state index contributed by atoms with van der Waals surface area (Å²) in [5, 5.41) is 3.09. The van der Waals surface area contributed by atoms with Crippen molar-refractivity contribution in [2.45, 2.75) is 39.7 Å². The van der Waals surface area contributed by atoms with Crippen molar-refractivity contribution in [1.82, 2.24) is 4.90 Å². The number of hydrogen-bond donors (Lipinski definition) is 1. The molecule has 0 spiro atoms. The Kier molecular flexibility index (Phi) is 5.18. The first-order chi connectivity index (χ1) is 13.9. The van der Waals surface area contributed by atoms with Crippen LogP contribution >= 0.6 is 0 Å². The number of carbonyl (C=O) groups excluding carboxylic acids is 2. The Morgan fingerprint density at radius 3 is 2.79 bits per heavy atom. The van der Waals surface area contributed by atoms with E-state index in [1.54, 1.807) is 4.90 Å². The van der Waals surface area contributed by atoms with Crippen LogP contribution in [0.25, 0.3) is 0 Å². The van der Waals surface area contributed by atoms with Gasteiger partial charge in [0.15, 0.2) is 11.5 Å². The van der Waals surface area contributed by atoms with E-state index in [1.807, 2.05) is 43.3 Å². The van der Waals surface area contributed by atoms with Gasteiger partial charge in [0.2, 0.25) is 18.6 Å². The highest BCUT2D eigenvalue weighted by Gasteiger charge is 2.35. The predicted octanol–water partition coefficient (Wildman–Crippen LogP) is 3.83. The number of aryl methyl sites for hydroxylation is 1. The average molecular weight is 394 g/mol. The second-order valence-electron chi connectivity index (χ2n) is 8.05. The molecule has 2 aliphatic rings. The lowest BCUT2D eigenvalue weighted by atomic mass is 9.97. The fourth-order valence-electron chi connectivity index (χ4n) is 3.93. The minimum absolute atomic E-state index is 0.00307. The molecule has 1 unspecified atom stereocenters. The van der Waals surface area contributed by atoms with Gasteiger partial charge in [-0.3, -0.25) is 9.59 Å². The molecule has 2 aromatic rings. The van der Waals surface area contributed by atoms with Gasteiger partial charge < -0.3 is 19.7 Å². The predicted molar refractivity (Wildman–Crippen MR) is 110 cm³/mol. The van der Waals surface area contributed by atoms with E-state index in [-0.39, 0.29) is 30.9 Å². The zero-order valence-corrected chi connectivity index (χ0v) is 17.0. The van der Waals surface area contributed by atoms with E-state index >= 15 is 0 Å². The Balaban J connectivity index is 1.43. The van der Waals surface area contributed by atoms with E-state index < -0.39 is 0 Å². The molecule has 6 heteroatoms. The smallest absolute Gasteiger partial charge is 0.231 e. The molecular formula is C23H26N2O4. The number of benzene rings is 2. The van der Waals surface area contributed by atoms with E-state index in [9.17, 15) is 9.59 Å². The monoisotopic (exact) mass is 394 g/mol. The zero-order valence-electron chi connectivity index (χ0n) is 17.0. The highest BCUT2D eigenvalue weighted by Crippen LogP contribution is 2.34. The van der Waals surface area contributed by atoms with Crippen molar-refractivity contribution in [3.05, 3.63) is 53.1 Å². The molecule has 1 saturated heterocycles. The third-order valence-corrected chi connectivity index (χ3v) is 5.57. The fourth-order valence-corrected chi connectivity index (χ4v) is 3.93. The summed E-state index contributed by atoms with van der Waals surface area (Å²) in [6, 6.07) is 11.7. The molecule has 1 fully saturated rings. The Morgan fingerprint density at radius 1 is 1.21 bits per heavy atom. The number of fused-ring (bicyclic) bond motifs is 1. The molecule has 1 atom stereocenters. The number of para-hydroxylation sites is 1. The van der Waals surface area contributed by atoms with Gasteiger partial charge in [0.1, 0.15) is 0 Å². The summed E-state index contributed by atoms with van der Waals surface area (Å²) in [4.78, 5) is 27.2. The van der Waals surface area contributed by atoms with Crippen molar-refractivity contribution in [1.29, 1.82) is 0 Å². The van der Waals surface area contributed by atoms with Crippen LogP contribution in [0.1, 0.15) is 42.9 Å². The van der Waals surface area contributed by atoms with Crippen molar-refractivity contribution < 1.29 is 19.1 Å². The third kappa shape index (κ3) is 3.92. The second-order valence-corrected chi connectivity index (χ2v) is 8.05. The summed E-state index contributed by atoms with van der Waals surface area (Å²) in [6.07, 6.45) is 0.235. The second kappa shape index (κ2) is 7.78. The van der Waals surface area contributed by atoms with Crippen LogP contribution in [0.3, 0.4) is 0 Å². The van der Waals surface area contributed by atoms with E-state index in [4.69, 9.17) is 9.47 Å². The molecule has 6 nitrogen and oxygen atoms in total. The number of anilines is 1. The fraction of sp³-hybridized carbons (Fsp3) is 0.391. The number of nitrogens with one attached hydrogen (secondary N) is 1. The van der Waals surface area contributed by atoms with Gasteiger partial charge in [-0.2, -0.15) is 0 Å². The van der Waals surface area contributed by atoms with Crippen LogP contribution in [0.5, 0.6) is 11.5 Å². The number of hydrogen-bond acceptors (Lipinski definition) is 4. The normalized spacial score (nSPS) is 17.9. The zero-order chi connectivity index (χ0) is 20.5. The maximum absolute atomic E-state index is 12.9. The lowest BCUT2D eigenvalue weighted by Gasteiger charge is -2.19. The number of ether oxygens (including phenoxy) is 2. The Bertz CT molecular complexity index is 954. The highest BCUT2D eigenvalue weighted by molar-refractivity contribution is 5.98. The highest BCUT2D eigenvalue weighted by atomic mass is 16.7. The molecule has 2 aromatic carbocycles. The minimum Gasteiger partial charge on any atom is -0.454 e. The standard InChI is InChI=1S/C23H26N2O4/c1-14(2)18-6-4-5-15(3)22(18)24-23(27)17-10-21(26)25(12-17)11-16-7-8-19-20(9-16)29-13-28-19/h4-9,14,17H,10-13H2,1-3H3,(H,24,27). The lowest BCUT2D eigenvalue weighted by Crippen LogP contribution is -2.28. The summed E-state index contributed by atoms with van der Waals surface area (Å²) in [7, 11) is 0. The molecule has 0 radical (unpaired) electrons. The molecule has 0 bridgehead atoms. The SMILES string of the molecule is Cc1cccc(C(C)C)c1NC(=O)C1CC(=O)N(Cc2ccc3c(c2)OCO3)C1. The number of likely N-dealkylation sites (tertiary alicyclic amines) is 1. The van der Waals surface area contributed by atoms with Crippen molar-refractivity contribution in [2.24, 2.45) is 5.92 Å². The van der Waals surface area contributed by atoms with Crippen LogP contribution in [-0.2, 0) is 16.1 Å². The lowest BCUT2D eigenvalue weighted by molar-refractivity contribution is -0.128. The largest absolute Gasteiger partial charge is 0.454 e. The summed E-state index contributed by atoms with van der Waals surface area (Å²) in [5.74, 6) is 1.27. The molecule has 0 aromatic heterocycles. The molecule has 4 rings (SSSR count). The van der Waals surface area contributed by atoms with Crippen LogP contribution in [0, 0.1) is 12.8 Å². The van der Waals surface area contributed by atoms with Crippen molar-refractivity contribution >= 4 is 17.5 Å². The summed E-state index contributed by atoms with van der Waals surface area (Å²) >= 11 is 0. The quantitative estimate of drug-likeness (QED) is 0.837. The summed E-state index contributed by atoms with van der Waals surface area (Å²) in [5.41, 5.74) is 3.98. The van der Waals surface area contributed by atoms with Crippen molar-refractivity contribution in [2.75, 3.05) is 18.7 Å². The van der Waals surface area contributed by atoms with Crippen LogP contribution in [0.15, 0.2) is 36.4 Å². The maximum Gasteiger partial charge on any atom is 0.231 e. The molecule has 2 heterocycles. The number of nitrogens with zero attached hydrogens (tertiary/aromatic N) is 1. The molecule has 1 N–H and O–H groups in total. The van der Waals surface area contributed by atoms with Crippen molar-refractivity contribution in [3.8, 4) is 11.5 Å². The molecule has 2 amide bonds. The third-order valence-electron chi connectivity index (χ3n) is 5.57. The van der Waals surface area contributed by atoms with Crippen LogP contribution in [0.2, 0.25) is 0 Å². The minimum atomic E-state index is -0.351. The summed E-state index contributed by atoms with van der Waals surface area (Å²) < 4.78 is 10.7. The number of rotatable bonds is 5. The first-order valence-corrected chi connectivity index (χ1v) is 9.99. The Labute approximate surface area is 170 Å². The van der Waals surface area contributed by atoms with Gasteiger partial charge in [-0.15, -0.1) is 0 Å². The van der Waals surface area contributed by atoms with Gasteiger partial charge in [-0.05, 0) is 41.7 Å². The molecular weight excluding hydrogens is 368 g/mol. The van der Waals surface area contributed by atoms with Gasteiger partial charge in [0.25, 0.3) is 0 Å². The maximum atomic E-state index is 12.9.